The number of ether oxygens (including phenoxy) is 1. The van der Waals surface area contributed by atoms with Crippen molar-refractivity contribution in [2.24, 2.45) is 0 Å². The van der Waals surface area contributed by atoms with E-state index in [1.807, 2.05) is 48.5 Å². The van der Waals surface area contributed by atoms with Gasteiger partial charge in [-0.2, -0.15) is 0 Å². The van der Waals surface area contributed by atoms with Crippen LogP contribution < -0.4 is 4.74 Å². The Morgan fingerprint density at radius 3 is 1.52 bits per heavy atom. The average Bonchev–Trinajstić information content (AvgIpc) is 2.82. The summed E-state index contributed by atoms with van der Waals surface area (Å²) in [6.07, 6.45) is 6.66. The zero-order chi connectivity index (χ0) is 22.1. The topological polar surface area (TPSA) is 43.4 Å². The molecule has 0 fully saturated rings. The van der Waals surface area contributed by atoms with Crippen LogP contribution >= 0.6 is 0 Å². The van der Waals surface area contributed by atoms with Crippen LogP contribution in [0.15, 0.2) is 72.8 Å². The molecule has 0 bridgehead atoms. The van der Waals surface area contributed by atoms with Crippen molar-refractivity contribution in [2.45, 2.75) is 52.4 Å². The highest BCUT2D eigenvalue weighted by Gasteiger charge is 2.12. The minimum atomic E-state index is -0.430. The van der Waals surface area contributed by atoms with E-state index in [4.69, 9.17) is 4.74 Å². The van der Waals surface area contributed by atoms with Crippen LogP contribution in [0.4, 0.5) is 0 Å². The maximum atomic E-state index is 12.7. The second-order valence-corrected chi connectivity index (χ2v) is 7.84. The SMILES string of the molecule is CCCCc1ccc(OC(=O)c2ccc(C(=O)c3ccc(CCCC)cc3)cc2)cc1. The third-order valence-corrected chi connectivity index (χ3v) is 5.37. The lowest BCUT2D eigenvalue weighted by molar-refractivity contribution is 0.0734. The number of esters is 1. The molecule has 0 aliphatic rings. The minimum absolute atomic E-state index is 0.0513. The fraction of sp³-hybridized carbons (Fsp3) is 0.286. The number of hydrogen-bond donors (Lipinski definition) is 0. The predicted octanol–water partition coefficient (Wildman–Crippen LogP) is 6.82. The monoisotopic (exact) mass is 414 g/mol. The second-order valence-electron chi connectivity index (χ2n) is 7.84. The van der Waals surface area contributed by atoms with Crippen LogP contribution in [0.5, 0.6) is 5.75 Å². The van der Waals surface area contributed by atoms with E-state index < -0.39 is 5.97 Å². The summed E-state index contributed by atoms with van der Waals surface area (Å²) in [6, 6.07) is 22.1. The van der Waals surface area contributed by atoms with Gasteiger partial charge in [-0.3, -0.25) is 4.79 Å². The first-order valence-electron chi connectivity index (χ1n) is 11.2. The molecule has 0 heterocycles. The van der Waals surface area contributed by atoms with Crippen molar-refractivity contribution in [3.05, 3.63) is 101 Å². The van der Waals surface area contributed by atoms with Crippen molar-refractivity contribution in [1.82, 2.24) is 0 Å². The van der Waals surface area contributed by atoms with Crippen molar-refractivity contribution >= 4 is 11.8 Å². The van der Waals surface area contributed by atoms with Gasteiger partial charge < -0.3 is 4.74 Å². The molecule has 0 saturated carbocycles. The van der Waals surface area contributed by atoms with Crippen LogP contribution in [0.25, 0.3) is 0 Å². The summed E-state index contributed by atoms with van der Waals surface area (Å²) >= 11 is 0. The molecule has 3 aromatic rings. The Morgan fingerprint density at radius 1 is 0.613 bits per heavy atom. The van der Waals surface area contributed by atoms with Crippen LogP contribution in [-0.2, 0) is 12.8 Å². The first-order valence-corrected chi connectivity index (χ1v) is 11.2. The van der Waals surface area contributed by atoms with Crippen LogP contribution in [0, 0.1) is 0 Å². The van der Waals surface area contributed by atoms with E-state index in [1.165, 1.54) is 11.1 Å². The molecule has 3 nitrogen and oxygen atoms in total. The number of benzene rings is 3. The number of rotatable bonds is 10. The molecular weight excluding hydrogens is 384 g/mol. The molecule has 3 rings (SSSR count). The van der Waals surface area contributed by atoms with E-state index in [0.717, 1.165) is 38.5 Å². The normalized spacial score (nSPS) is 10.6. The van der Waals surface area contributed by atoms with Gasteiger partial charge in [0.25, 0.3) is 0 Å². The summed E-state index contributed by atoms with van der Waals surface area (Å²) in [5, 5.41) is 0. The van der Waals surface area contributed by atoms with Crippen LogP contribution in [0.1, 0.15) is 76.9 Å². The lowest BCUT2D eigenvalue weighted by atomic mass is 9.99. The van der Waals surface area contributed by atoms with E-state index in [2.05, 4.69) is 13.8 Å². The van der Waals surface area contributed by atoms with Gasteiger partial charge >= 0.3 is 5.97 Å². The van der Waals surface area contributed by atoms with E-state index in [1.54, 1.807) is 24.3 Å². The molecule has 0 aliphatic carbocycles. The maximum absolute atomic E-state index is 12.7. The Bertz CT molecular complexity index is 984. The summed E-state index contributed by atoms with van der Waals surface area (Å²) < 4.78 is 5.47. The highest BCUT2D eigenvalue weighted by Crippen LogP contribution is 2.17. The Kier molecular flexibility index (Phi) is 8.17. The first kappa shape index (κ1) is 22.5. The van der Waals surface area contributed by atoms with Gasteiger partial charge in [-0.1, -0.05) is 75.2 Å². The summed E-state index contributed by atoms with van der Waals surface area (Å²) in [6.45, 7) is 4.33. The second kappa shape index (κ2) is 11.3. The van der Waals surface area contributed by atoms with E-state index >= 15 is 0 Å². The van der Waals surface area contributed by atoms with E-state index in [-0.39, 0.29) is 5.78 Å². The van der Waals surface area contributed by atoms with Gasteiger partial charge in [-0.15, -0.1) is 0 Å². The fourth-order valence-corrected chi connectivity index (χ4v) is 3.40. The van der Waals surface area contributed by atoms with Gasteiger partial charge in [0.15, 0.2) is 5.78 Å². The van der Waals surface area contributed by atoms with E-state index in [0.29, 0.717) is 22.4 Å². The molecule has 3 aromatic carbocycles. The van der Waals surface area contributed by atoms with Crippen LogP contribution in [0.2, 0.25) is 0 Å². The molecule has 0 saturated heterocycles. The van der Waals surface area contributed by atoms with Gasteiger partial charge in [-0.05, 0) is 61.1 Å². The standard InChI is InChI=1S/C28H30O3/c1-3-5-7-21-9-13-23(14-10-21)27(29)24-15-17-25(18-16-24)28(30)31-26-19-11-22(12-20-26)8-6-4-2/h9-20H,3-8H2,1-2H3. The summed E-state index contributed by atoms with van der Waals surface area (Å²) in [4.78, 5) is 25.2. The third-order valence-electron chi connectivity index (χ3n) is 5.37. The molecule has 0 atom stereocenters. The highest BCUT2D eigenvalue weighted by atomic mass is 16.5. The lowest BCUT2D eigenvalue weighted by Crippen LogP contribution is -2.09. The predicted molar refractivity (Wildman–Crippen MR) is 125 cm³/mol. The van der Waals surface area contributed by atoms with Gasteiger partial charge in [0.1, 0.15) is 5.75 Å². The molecule has 0 aromatic heterocycles. The number of carbonyl (C=O) groups excluding carboxylic acids is 2. The number of aryl methyl sites for hydroxylation is 2. The molecule has 0 radical (unpaired) electrons. The third kappa shape index (κ3) is 6.39. The van der Waals surface area contributed by atoms with E-state index in [9.17, 15) is 9.59 Å². The van der Waals surface area contributed by atoms with Gasteiger partial charge in [0.05, 0.1) is 5.56 Å². The molecule has 0 spiro atoms. The largest absolute Gasteiger partial charge is 0.423 e. The first-order chi connectivity index (χ1) is 15.1. The molecule has 31 heavy (non-hydrogen) atoms. The quantitative estimate of drug-likeness (QED) is 0.208. The molecular formula is C28H30O3. The van der Waals surface area contributed by atoms with Gasteiger partial charge in [0.2, 0.25) is 0 Å². The average molecular weight is 415 g/mol. The molecule has 0 aliphatic heterocycles. The van der Waals surface area contributed by atoms with Crippen molar-refractivity contribution in [1.29, 1.82) is 0 Å². The van der Waals surface area contributed by atoms with Gasteiger partial charge in [0, 0.05) is 11.1 Å². The summed E-state index contributed by atoms with van der Waals surface area (Å²) in [7, 11) is 0. The van der Waals surface area contributed by atoms with Crippen LogP contribution in [-0.4, -0.2) is 11.8 Å². The number of hydrogen-bond acceptors (Lipinski definition) is 3. The molecule has 0 N–H and O–H groups in total. The van der Waals surface area contributed by atoms with Gasteiger partial charge in [-0.25, -0.2) is 4.79 Å². The summed E-state index contributed by atoms with van der Waals surface area (Å²) in [5.74, 6) is 0.0405. The highest BCUT2D eigenvalue weighted by molar-refractivity contribution is 6.09. The Balaban J connectivity index is 1.61. The van der Waals surface area contributed by atoms with Crippen molar-refractivity contribution < 1.29 is 14.3 Å². The van der Waals surface area contributed by atoms with Crippen LogP contribution in [0.3, 0.4) is 0 Å². The zero-order valence-electron chi connectivity index (χ0n) is 18.4. The van der Waals surface area contributed by atoms with Crippen molar-refractivity contribution in [3.8, 4) is 5.75 Å². The number of ketones is 1. The number of unbranched alkanes of at least 4 members (excludes halogenated alkanes) is 2. The minimum Gasteiger partial charge on any atom is -0.423 e. The number of carbonyl (C=O) groups is 2. The Labute approximate surface area is 185 Å². The molecule has 0 amide bonds. The molecule has 0 unspecified atom stereocenters. The van der Waals surface area contributed by atoms with Crippen molar-refractivity contribution in [3.63, 3.8) is 0 Å². The summed E-state index contributed by atoms with van der Waals surface area (Å²) in [5.41, 5.74) is 4.11. The fourth-order valence-electron chi connectivity index (χ4n) is 3.40. The smallest absolute Gasteiger partial charge is 0.343 e. The Morgan fingerprint density at radius 2 is 1.03 bits per heavy atom. The zero-order valence-corrected chi connectivity index (χ0v) is 18.4. The molecule has 3 heteroatoms. The maximum Gasteiger partial charge on any atom is 0.343 e. The lowest BCUT2D eigenvalue weighted by Gasteiger charge is -2.07. The molecule has 160 valence electrons. The van der Waals surface area contributed by atoms with Crippen molar-refractivity contribution in [2.75, 3.05) is 0 Å². The Hall–Kier alpha value is -3.20.